The third kappa shape index (κ3) is 8.57. The minimum absolute atomic E-state index is 0.158. The summed E-state index contributed by atoms with van der Waals surface area (Å²) in [7, 11) is 0. The van der Waals surface area contributed by atoms with Crippen LogP contribution in [0.15, 0.2) is 23.8 Å². The van der Waals surface area contributed by atoms with Crippen LogP contribution >= 0.6 is 0 Å². The molecule has 2 aliphatic rings. The third-order valence-corrected chi connectivity index (χ3v) is 10.4. The molecular weight excluding hydrogens is 613 g/mol. The Hall–Kier alpha value is -3.46. The summed E-state index contributed by atoms with van der Waals surface area (Å²) < 4.78 is 42.6. The van der Waals surface area contributed by atoms with Crippen LogP contribution in [-0.2, 0) is 13.1 Å². The second-order valence-corrected chi connectivity index (χ2v) is 13.8. The van der Waals surface area contributed by atoms with Crippen molar-refractivity contribution in [3.63, 3.8) is 0 Å². The first kappa shape index (κ1) is 35.8. The summed E-state index contributed by atoms with van der Waals surface area (Å²) in [5, 5.41) is 18.1. The fourth-order valence-corrected chi connectivity index (χ4v) is 7.20. The second kappa shape index (κ2) is 15.4. The minimum atomic E-state index is -4.27. The number of allylic oxidation sites excluding steroid dienone is 1. The number of fused-ring (bicyclic) bond motifs is 1. The second-order valence-electron chi connectivity index (χ2n) is 13.8. The predicted octanol–water partition coefficient (Wildman–Crippen LogP) is 6.98. The number of nitrogens with one attached hydrogen (secondary N) is 2. The number of piperazine rings is 1. The molecule has 1 aromatic carbocycles. The topological polar surface area (TPSA) is 85.0 Å². The quantitative estimate of drug-likeness (QED) is 0.229. The van der Waals surface area contributed by atoms with E-state index in [1.165, 1.54) is 11.1 Å². The molecule has 2 atom stereocenters. The fourth-order valence-electron chi connectivity index (χ4n) is 7.20. The van der Waals surface area contributed by atoms with Crippen LogP contribution in [0.3, 0.4) is 0 Å². The maximum absolute atomic E-state index is 13.5. The van der Waals surface area contributed by atoms with Gasteiger partial charge in [-0.2, -0.15) is 18.4 Å². The summed E-state index contributed by atoms with van der Waals surface area (Å²) in [5.41, 5.74) is 6.00. The number of alkyl halides is 3. The number of aromatic nitrogens is 3. The van der Waals surface area contributed by atoms with Gasteiger partial charge >= 0.3 is 6.18 Å². The summed E-state index contributed by atoms with van der Waals surface area (Å²) in [5.74, 6) is 1.02. The lowest BCUT2D eigenvalue weighted by atomic mass is 9.93. The normalized spacial score (nSPS) is 18.6. The number of piperidine rings is 1. The predicted molar refractivity (Wildman–Crippen MR) is 187 cm³/mol. The van der Waals surface area contributed by atoms with Crippen LogP contribution in [0.2, 0.25) is 0 Å². The zero-order valence-electron chi connectivity index (χ0n) is 29.3. The number of nitrogens with zero attached hydrogens (tertiary/aromatic N) is 6. The third-order valence-electron chi connectivity index (χ3n) is 10.4. The van der Waals surface area contributed by atoms with Crippen LogP contribution in [0.1, 0.15) is 80.4 Å². The maximum Gasteiger partial charge on any atom is 0.392 e. The molecule has 0 amide bonds. The Morgan fingerprint density at radius 3 is 2.46 bits per heavy atom. The fraction of sp³-hybridized carbons (Fsp3) is 0.595. The van der Waals surface area contributed by atoms with Gasteiger partial charge in [0.15, 0.2) is 0 Å². The molecule has 4 heterocycles. The van der Waals surface area contributed by atoms with Gasteiger partial charge in [0, 0.05) is 80.9 Å². The van der Waals surface area contributed by atoms with Gasteiger partial charge < -0.3 is 15.2 Å². The average Bonchev–Trinajstić information content (AvgIpc) is 3.41. The van der Waals surface area contributed by atoms with Crippen molar-refractivity contribution in [1.82, 2.24) is 29.7 Å². The van der Waals surface area contributed by atoms with Crippen molar-refractivity contribution in [2.75, 3.05) is 44.6 Å². The number of likely N-dealkylation sites (tertiary alicyclic amines) is 1. The zero-order valence-corrected chi connectivity index (χ0v) is 29.3. The Balaban J connectivity index is 1.27. The standard InChI is InChI=1S/C37H51F3N8/c1-7-24(2)30(20-37(38,39)40)18-34-27(5)43-28(6)44-36(34)45-31-10-14-46(15-11-31)23-29-8-9-35-33(26(29)4)19-32(21-41)48(35)22-25(3)47-16-12-42-13-17-47/h8-9,18-19,24-25,31,42H,7,10-17,20,22-23H2,1-6H3,(H,43,44,45)/b30-18-. The molecule has 0 aliphatic carbocycles. The van der Waals surface area contributed by atoms with Crippen LogP contribution in [0.5, 0.6) is 0 Å². The largest absolute Gasteiger partial charge is 0.392 e. The molecule has 11 heteroatoms. The number of anilines is 1. The molecule has 2 saturated heterocycles. The Morgan fingerprint density at radius 1 is 1.10 bits per heavy atom. The lowest BCUT2D eigenvalue weighted by Crippen LogP contribution is -2.48. The average molecular weight is 665 g/mol. The summed E-state index contributed by atoms with van der Waals surface area (Å²) in [6.07, 6.45) is -1.12. The summed E-state index contributed by atoms with van der Waals surface area (Å²) in [4.78, 5) is 14.1. The number of halogens is 3. The molecule has 0 bridgehead atoms. The Morgan fingerprint density at radius 2 is 1.81 bits per heavy atom. The van der Waals surface area contributed by atoms with Gasteiger partial charge in [0.2, 0.25) is 0 Å². The van der Waals surface area contributed by atoms with E-state index in [0.29, 0.717) is 46.6 Å². The van der Waals surface area contributed by atoms with Crippen molar-refractivity contribution in [1.29, 1.82) is 5.26 Å². The zero-order chi connectivity index (χ0) is 34.6. The van der Waals surface area contributed by atoms with Crippen LogP contribution < -0.4 is 10.6 Å². The van der Waals surface area contributed by atoms with Gasteiger partial charge in [-0.3, -0.25) is 9.80 Å². The monoisotopic (exact) mass is 664 g/mol. The van der Waals surface area contributed by atoms with Crippen molar-refractivity contribution in [2.24, 2.45) is 5.92 Å². The van der Waals surface area contributed by atoms with Gasteiger partial charge in [-0.05, 0) is 82.2 Å². The molecule has 48 heavy (non-hydrogen) atoms. The van der Waals surface area contributed by atoms with Gasteiger partial charge in [-0.25, -0.2) is 9.97 Å². The number of aryl methyl sites for hydroxylation is 3. The highest BCUT2D eigenvalue weighted by Gasteiger charge is 2.31. The molecule has 2 aromatic heterocycles. The molecule has 3 aromatic rings. The Kier molecular flexibility index (Phi) is 11.5. The number of benzene rings is 1. The smallest absolute Gasteiger partial charge is 0.367 e. The number of nitriles is 1. The first-order valence-electron chi connectivity index (χ1n) is 17.4. The molecule has 8 nitrogen and oxygen atoms in total. The summed E-state index contributed by atoms with van der Waals surface area (Å²) >= 11 is 0. The van der Waals surface area contributed by atoms with Gasteiger partial charge in [-0.1, -0.05) is 25.5 Å². The first-order chi connectivity index (χ1) is 22.9. The molecule has 260 valence electrons. The van der Waals surface area contributed by atoms with E-state index < -0.39 is 12.6 Å². The first-order valence-corrected chi connectivity index (χ1v) is 17.4. The summed E-state index contributed by atoms with van der Waals surface area (Å²) in [6, 6.07) is 9.38. The highest BCUT2D eigenvalue weighted by Crippen LogP contribution is 2.34. The van der Waals surface area contributed by atoms with E-state index in [1.54, 1.807) is 6.08 Å². The van der Waals surface area contributed by atoms with E-state index in [-0.39, 0.29) is 12.0 Å². The van der Waals surface area contributed by atoms with E-state index in [9.17, 15) is 18.4 Å². The Labute approximate surface area is 283 Å². The van der Waals surface area contributed by atoms with Crippen molar-refractivity contribution in [3.05, 3.63) is 57.7 Å². The van der Waals surface area contributed by atoms with Gasteiger partial charge in [0.1, 0.15) is 23.4 Å². The maximum atomic E-state index is 13.5. The van der Waals surface area contributed by atoms with E-state index in [0.717, 1.165) is 76.1 Å². The van der Waals surface area contributed by atoms with E-state index >= 15 is 0 Å². The molecule has 0 radical (unpaired) electrons. The van der Waals surface area contributed by atoms with Gasteiger partial charge in [0.25, 0.3) is 0 Å². The molecule has 2 aliphatic heterocycles. The van der Waals surface area contributed by atoms with Crippen molar-refractivity contribution >= 4 is 22.8 Å². The van der Waals surface area contributed by atoms with Crippen LogP contribution in [0, 0.1) is 38.0 Å². The van der Waals surface area contributed by atoms with Gasteiger partial charge in [0.05, 0.1) is 12.1 Å². The minimum Gasteiger partial charge on any atom is -0.367 e. The van der Waals surface area contributed by atoms with Crippen molar-refractivity contribution in [2.45, 2.75) is 98.6 Å². The number of rotatable bonds is 11. The van der Waals surface area contributed by atoms with E-state index in [4.69, 9.17) is 0 Å². The lowest BCUT2D eigenvalue weighted by molar-refractivity contribution is -0.128. The van der Waals surface area contributed by atoms with Crippen molar-refractivity contribution < 1.29 is 13.2 Å². The molecule has 2 fully saturated rings. The molecule has 2 N–H and O–H groups in total. The molecule has 5 rings (SSSR count). The van der Waals surface area contributed by atoms with Crippen molar-refractivity contribution in [3.8, 4) is 6.07 Å². The number of hydrogen-bond acceptors (Lipinski definition) is 7. The highest BCUT2D eigenvalue weighted by molar-refractivity contribution is 5.86. The molecular formula is C37H51F3N8. The van der Waals surface area contributed by atoms with E-state index in [1.807, 2.05) is 33.8 Å². The summed E-state index contributed by atoms with van der Waals surface area (Å²) in [6.45, 7) is 19.3. The molecule has 0 saturated carbocycles. The molecule has 2 unspecified atom stereocenters. The van der Waals surface area contributed by atoms with E-state index in [2.05, 4.69) is 67.0 Å². The van der Waals surface area contributed by atoms with Crippen LogP contribution in [0.25, 0.3) is 17.0 Å². The molecule has 0 spiro atoms. The lowest BCUT2D eigenvalue weighted by Gasteiger charge is -2.33. The van der Waals surface area contributed by atoms with Crippen LogP contribution in [0.4, 0.5) is 19.0 Å². The highest BCUT2D eigenvalue weighted by atomic mass is 19.4. The Bertz CT molecular complexity index is 1640. The van der Waals surface area contributed by atoms with Gasteiger partial charge in [-0.15, -0.1) is 0 Å². The van der Waals surface area contributed by atoms with Crippen LogP contribution in [-0.4, -0.2) is 81.9 Å². The SMILES string of the molecule is CCC(C)/C(=C\c1c(C)nc(C)nc1NC1CCN(Cc2ccc3c(cc(C#N)n3CC(C)N3CCNCC3)c2C)CC1)CC(F)(F)F. The number of hydrogen-bond donors (Lipinski definition) is 2.